The lowest BCUT2D eigenvalue weighted by Gasteiger charge is -2.47. The van der Waals surface area contributed by atoms with Gasteiger partial charge in [0.25, 0.3) is 5.79 Å². The molecule has 1 saturated heterocycles. The van der Waals surface area contributed by atoms with Crippen LogP contribution in [0.3, 0.4) is 0 Å². The summed E-state index contributed by atoms with van der Waals surface area (Å²) in [5.41, 5.74) is 0. The Morgan fingerprint density at radius 2 is 1.88 bits per heavy atom. The first-order valence-corrected chi connectivity index (χ1v) is 8.72. The maximum atomic E-state index is 11.8. The summed E-state index contributed by atoms with van der Waals surface area (Å²) < 4.78 is 11.0. The smallest absolute Gasteiger partial charge is 0.364 e. The fourth-order valence-corrected chi connectivity index (χ4v) is 3.09. The van der Waals surface area contributed by atoms with E-state index in [1.54, 1.807) is 27.7 Å². The van der Waals surface area contributed by atoms with Gasteiger partial charge in [-0.05, 0) is 20.3 Å². The number of carboxylic acid groups (broad SMARTS) is 1. The largest absolute Gasteiger partial charge is 0.477 e. The number of hydrogen-bond acceptors (Lipinski definition) is 7. The van der Waals surface area contributed by atoms with Gasteiger partial charge in [-0.3, -0.25) is 4.79 Å². The average molecular weight is 362 g/mol. The van der Waals surface area contributed by atoms with Gasteiger partial charge in [0.05, 0.1) is 24.4 Å². The van der Waals surface area contributed by atoms with Crippen LogP contribution in [-0.2, 0) is 19.1 Å². The third kappa shape index (κ3) is 5.21. The highest BCUT2D eigenvalue weighted by molar-refractivity contribution is 5.79. The van der Waals surface area contributed by atoms with Crippen molar-refractivity contribution in [1.29, 1.82) is 0 Å². The minimum Gasteiger partial charge on any atom is -0.477 e. The van der Waals surface area contributed by atoms with E-state index in [-0.39, 0.29) is 31.5 Å². The van der Waals surface area contributed by atoms with Crippen molar-refractivity contribution >= 4 is 11.8 Å². The molecule has 1 rings (SSSR count). The van der Waals surface area contributed by atoms with E-state index in [0.29, 0.717) is 0 Å². The minimum atomic E-state index is -2.14. The Kier molecular flexibility index (Phi) is 7.95. The topological polar surface area (TPSA) is 134 Å². The van der Waals surface area contributed by atoms with E-state index < -0.39 is 48.2 Å². The van der Waals surface area contributed by atoms with Crippen molar-refractivity contribution in [3.63, 3.8) is 0 Å². The van der Waals surface area contributed by atoms with Crippen molar-refractivity contribution in [2.24, 2.45) is 5.92 Å². The molecule has 0 aromatic rings. The first kappa shape index (κ1) is 22.0. The lowest BCUT2D eigenvalue weighted by molar-refractivity contribution is -0.327. The Bertz CT molecular complexity index is 466. The van der Waals surface area contributed by atoms with E-state index >= 15 is 0 Å². The highest BCUT2D eigenvalue weighted by Crippen LogP contribution is 2.39. The number of aliphatic carboxylic acids is 1. The first-order chi connectivity index (χ1) is 11.6. The van der Waals surface area contributed by atoms with Crippen LogP contribution >= 0.6 is 0 Å². The number of hydrogen-bond donors (Lipinski definition) is 4. The second-order valence-corrected chi connectivity index (χ2v) is 6.81. The van der Waals surface area contributed by atoms with Crippen LogP contribution in [0.1, 0.15) is 53.4 Å². The number of ether oxygens (including phenoxy) is 2. The zero-order valence-electron chi connectivity index (χ0n) is 15.2. The molecule has 0 bridgehead atoms. The van der Waals surface area contributed by atoms with Gasteiger partial charge in [-0.2, -0.15) is 0 Å². The van der Waals surface area contributed by atoms with Crippen LogP contribution in [0.2, 0.25) is 0 Å². The van der Waals surface area contributed by atoms with Gasteiger partial charge >= 0.3 is 5.97 Å². The molecule has 6 atom stereocenters. The maximum absolute atomic E-state index is 11.8. The van der Waals surface area contributed by atoms with Gasteiger partial charge in [0, 0.05) is 25.2 Å². The Morgan fingerprint density at radius 3 is 2.32 bits per heavy atom. The van der Waals surface area contributed by atoms with Gasteiger partial charge in [-0.15, -0.1) is 0 Å². The van der Waals surface area contributed by atoms with Crippen LogP contribution in [-0.4, -0.2) is 68.5 Å². The number of aliphatic hydroxyl groups excluding tert-OH is 3. The molecule has 25 heavy (non-hydrogen) atoms. The molecule has 0 aliphatic carbocycles. The molecule has 1 aliphatic heterocycles. The molecule has 0 saturated carbocycles. The fourth-order valence-electron chi connectivity index (χ4n) is 3.09. The molecular weight excluding hydrogens is 332 g/mol. The third-order valence-corrected chi connectivity index (χ3v) is 4.48. The summed E-state index contributed by atoms with van der Waals surface area (Å²) in [5.74, 6) is -4.54. The molecular formula is C17H30O8. The summed E-state index contributed by atoms with van der Waals surface area (Å²) in [6.07, 6.45) is -5.62. The average Bonchev–Trinajstić information content (AvgIpc) is 2.54. The van der Waals surface area contributed by atoms with Crippen molar-refractivity contribution in [2.45, 2.75) is 89.7 Å². The van der Waals surface area contributed by atoms with Crippen LogP contribution in [0.25, 0.3) is 0 Å². The molecule has 1 heterocycles. The van der Waals surface area contributed by atoms with Crippen LogP contribution < -0.4 is 0 Å². The molecule has 0 amide bonds. The lowest BCUT2D eigenvalue weighted by atomic mass is 9.80. The van der Waals surface area contributed by atoms with Crippen molar-refractivity contribution in [1.82, 2.24) is 0 Å². The van der Waals surface area contributed by atoms with Gasteiger partial charge in [-0.1, -0.05) is 13.8 Å². The van der Waals surface area contributed by atoms with E-state index in [9.17, 15) is 30.0 Å². The summed E-state index contributed by atoms with van der Waals surface area (Å²) >= 11 is 0. The predicted octanol–water partition coefficient (Wildman–Crippen LogP) is 0.459. The van der Waals surface area contributed by atoms with Crippen molar-refractivity contribution in [3.8, 4) is 0 Å². The zero-order valence-corrected chi connectivity index (χ0v) is 15.2. The summed E-state index contributed by atoms with van der Waals surface area (Å²) in [6, 6.07) is 0. The predicted molar refractivity (Wildman–Crippen MR) is 87.8 cm³/mol. The van der Waals surface area contributed by atoms with Gasteiger partial charge in [0.1, 0.15) is 11.9 Å². The minimum absolute atomic E-state index is 0.0762. The number of Topliss-reactive ketones (excluding diaryl/α,β-unsaturated/α-hetero) is 1. The molecule has 1 aliphatic rings. The molecule has 0 spiro atoms. The SMILES string of the molecule is CCC(=O)CC1C(O)CC(OC(C)C)(C(=O)O)OC1[C@H](O)[C@H](O)CC. The lowest BCUT2D eigenvalue weighted by Crippen LogP contribution is -2.62. The van der Waals surface area contributed by atoms with E-state index in [1.807, 2.05) is 0 Å². The van der Waals surface area contributed by atoms with Crippen LogP contribution in [0, 0.1) is 5.92 Å². The Hall–Kier alpha value is -1.06. The van der Waals surface area contributed by atoms with E-state index in [1.165, 1.54) is 0 Å². The van der Waals surface area contributed by atoms with E-state index in [0.717, 1.165) is 0 Å². The van der Waals surface area contributed by atoms with E-state index in [4.69, 9.17) is 9.47 Å². The van der Waals surface area contributed by atoms with Gasteiger partial charge in [0.15, 0.2) is 0 Å². The summed E-state index contributed by atoms with van der Waals surface area (Å²) in [6.45, 7) is 6.57. The normalized spacial score (nSPS) is 32.4. The van der Waals surface area contributed by atoms with E-state index in [2.05, 4.69) is 0 Å². The Balaban J connectivity index is 3.22. The summed E-state index contributed by atoms with van der Waals surface area (Å²) in [5, 5.41) is 40.5. The van der Waals surface area contributed by atoms with Crippen LogP contribution in [0.5, 0.6) is 0 Å². The van der Waals surface area contributed by atoms with Crippen LogP contribution in [0.4, 0.5) is 0 Å². The molecule has 4 N–H and O–H groups in total. The summed E-state index contributed by atoms with van der Waals surface area (Å²) in [7, 11) is 0. The molecule has 8 nitrogen and oxygen atoms in total. The van der Waals surface area contributed by atoms with Crippen LogP contribution in [0.15, 0.2) is 0 Å². The van der Waals surface area contributed by atoms with Crippen molar-refractivity contribution in [2.75, 3.05) is 0 Å². The highest BCUT2D eigenvalue weighted by atomic mass is 16.7. The number of carbonyl (C=O) groups excluding carboxylic acids is 1. The van der Waals surface area contributed by atoms with Crippen molar-refractivity contribution < 1.29 is 39.5 Å². The Labute approximate surface area is 147 Å². The zero-order chi connectivity index (χ0) is 19.4. The van der Waals surface area contributed by atoms with Gasteiger partial charge in [-0.25, -0.2) is 4.79 Å². The fraction of sp³-hybridized carbons (Fsp3) is 0.882. The molecule has 0 radical (unpaired) electrons. The molecule has 8 heteroatoms. The third-order valence-electron chi connectivity index (χ3n) is 4.48. The van der Waals surface area contributed by atoms with Gasteiger partial charge in [0.2, 0.25) is 0 Å². The monoisotopic (exact) mass is 362 g/mol. The summed E-state index contributed by atoms with van der Waals surface area (Å²) in [4.78, 5) is 23.6. The number of rotatable bonds is 9. The Morgan fingerprint density at radius 1 is 1.28 bits per heavy atom. The molecule has 1 fully saturated rings. The quantitative estimate of drug-likeness (QED) is 0.465. The molecule has 0 aromatic heterocycles. The molecule has 4 unspecified atom stereocenters. The number of carboxylic acids is 1. The first-order valence-electron chi connectivity index (χ1n) is 8.72. The second kappa shape index (κ2) is 9.05. The second-order valence-electron chi connectivity index (χ2n) is 6.81. The van der Waals surface area contributed by atoms with Crippen molar-refractivity contribution in [3.05, 3.63) is 0 Å². The maximum Gasteiger partial charge on any atom is 0.364 e. The van der Waals surface area contributed by atoms with Gasteiger partial charge < -0.3 is 29.9 Å². The molecule has 0 aromatic carbocycles. The highest BCUT2D eigenvalue weighted by Gasteiger charge is 2.55. The molecule has 146 valence electrons. The number of ketones is 1. The number of carbonyl (C=O) groups is 2. The standard InChI is InChI=1S/C17H30O8/c1-5-10(18)7-11-13(20)8-17(16(22)23,24-9(3)4)25-15(11)14(21)12(19)6-2/h9,11-15,19-21H,5-8H2,1-4H3,(H,22,23)/t11?,12-,13?,14-,15?,17?/m1/s1. The number of aliphatic hydroxyl groups is 3.